The van der Waals surface area contributed by atoms with Gasteiger partial charge < -0.3 is 9.88 Å². The fourth-order valence-corrected chi connectivity index (χ4v) is 4.68. The van der Waals surface area contributed by atoms with Gasteiger partial charge in [0.25, 0.3) is 5.91 Å². The predicted molar refractivity (Wildman–Crippen MR) is 123 cm³/mol. The molecule has 0 saturated carbocycles. The number of pyridine rings is 1. The normalized spacial score (nSPS) is 15.4. The van der Waals surface area contributed by atoms with Gasteiger partial charge in [-0.3, -0.25) is 14.9 Å². The van der Waals surface area contributed by atoms with E-state index in [-0.39, 0.29) is 17.8 Å². The van der Waals surface area contributed by atoms with Crippen molar-refractivity contribution in [3.8, 4) is 11.3 Å². The van der Waals surface area contributed by atoms with Gasteiger partial charge in [0, 0.05) is 41.0 Å². The molecule has 0 radical (unpaired) electrons. The molecule has 2 N–H and O–H groups in total. The first-order chi connectivity index (χ1) is 16.2. The van der Waals surface area contributed by atoms with E-state index in [0.717, 1.165) is 33.3 Å². The van der Waals surface area contributed by atoms with Crippen molar-refractivity contribution in [2.24, 2.45) is 0 Å². The highest BCUT2D eigenvalue weighted by Gasteiger charge is 2.42. The van der Waals surface area contributed by atoms with Crippen LogP contribution in [0.4, 0.5) is 4.39 Å². The third-order valence-electron chi connectivity index (χ3n) is 6.25. The summed E-state index contributed by atoms with van der Waals surface area (Å²) in [5, 5.41) is 8.51. The predicted octanol–water partition coefficient (Wildman–Crippen LogP) is 4.88. The molecular formula is C26H20FN5O. The second-order valence-electron chi connectivity index (χ2n) is 8.13. The van der Waals surface area contributed by atoms with Gasteiger partial charge >= 0.3 is 0 Å². The van der Waals surface area contributed by atoms with E-state index >= 15 is 0 Å². The zero-order valence-electron chi connectivity index (χ0n) is 17.6. The second-order valence-corrected chi connectivity index (χ2v) is 8.13. The smallest absolute Gasteiger partial charge is 0.273 e. The minimum absolute atomic E-state index is 0.110. The van der Waals surface area contributed by atoms with E-state index in [0.29, 0.717) is 24.4 Å². The number of nitrogens with zero attached hydrogens (tertiary/aromatic N) is 3. The summed E-state index contributed by atoms with van der Waals surface area (Å²) >= 11 is 0. The molecule has 4 heterocycles. The highest BCUT2D eigenvalue weighted by Crippen LogP contribution is 2.42. The summed E-state index contributed by atoms with van der Waals surface area (Å²) < 4.78 is 13.5. The fourth-order valence-electron chi connectivity index (χ4n) is 4.68. The Morgan fingerprint density at radius 2 is 1.82 bits per heavy atom. The molecule has 0 aliphatic carbocycles. The zero-order chi connectivity index (χ0) is 22.4. The number of nitrogens with one attached hydrogen (secondary N) is 2. The summed E-state index contributed by atoms with van der Waals surface area (Å²) in [6.07, 6.45) is 4.43. The highest BCUT2D eigenvalue weighted by atomic mass is 19.1. The molecule has 3 aromatic heterocycles. The largest absolute Gasteiger partial charge is 0.361 e. The molecular weight excluding hydrogens is 417 g/mol. The van der Waals surface area contributed by atoms with Crippen LogP contribution in [0.15, 0.2) is 79.1 Å². The van der Waals surface area contributed by atoms with Gasteiger partial charge in [-0.05, 0) is 54.4 Å². The lowest BCUT2D eigenvalue weighted by molar-refractivity contribution is 0.0743. The topological polar surface area (TPSA) is 77.7 Å². The lowest BCUT2D eigenvalue weighted by Gasteiger charge is -2.25. The Labute approximate surface area is 189 Å². The van der Waals surface area contributed by atoms with E-state index in [9.17, 15) is 9.18 Å². The van der Waals surface area contributed by atoms with E-state index in [2.05, 4.69) is 26.2 Å². The molecule has 33 heavy (non-hydrogen) atoms. The van der Waals surface area contributed by atoms with Crippen LogP contribution in [0.3, 0.4) is 0 Å². The number of para-hydroxylation sites is 1. The number of aromatic amines is 2. The number of H-pyrrole nitrogens is 2. The Morgan fingerprint density at radius 1 is 1.00 bits per heavy atom. The third-order valence-corrected chi connectivity index (χ3v) is 6.25. The van der Waals surface area contributed by atoms with Gasteiger partial charge in [0.2, 0.25) is 0 Å². The first-order valence-corrected chi connectivity index (χ1v) is 10.8. The number of rotatable bonds is 5. The molecule has 5 aromatic rings. The number of aromatic nitrogens is 4. The Kier molecular flexibility index (Phi) is 4.54. The highest BCUT2D eigenvalue weighted by molar-refractivity contribution is 6.00. The molecule has 0 fully saturated rings. The van der Waals surface area contributed by atoms with Gasteiger partial charge in [0.05, 0.1) is 11.4 Å². The van der Waals surface area contributed by atoms with Crippen LogP contribution in [0.2, 0.25) is 0 Å². The maximum absolute atomic E-state index is 13.5. The Hall–Kier alpha value is -4.26. The molecule has 1 aliphatic rings. The van der Waals surface area contributed by atoms with Crippen molar-refractivity contribution < 1.29 is 9.18 Å². The van der Waals surface area contributed by atoms with Crippen molar-refractivity contribution in [2.45, 2.75) is 12.5 Å². The lowest BCUT2D eigenvalue weighted by Crippen LogP contribution is -2.32. The maximum atomic E-state index is 13.5. The lowest BCUT2D eigenvalue weighted by atomic mass is 9.99. The average molecular weight is 437 g/mol. The summed E-state index contributed by atoms with van der Waals surface area (Å²) in [5.41, 5.74) is 5.64. The molecule has 7 heteroatoms. The van der Waals surface area contributed by atoms with Crippen LogP contribution >= 0.6 is 0 Å². The van der Waals surface area contributed by atoms with Crippen LogP contribution in [-0.4, -0.2) is 37.5 Å². The molecule has 1 amide bonds. The first kappa shape index (κ1) is 19.4. The number of hydrogen-bond donors (Lipinski definition) is 2. The quantitative estimate of drug-likeness (QED) is 0.411. The average Bonchev–Trinajstić information content (AvgIpc) is 3.53. The summed E-state index contributed by atoms with van der Waals surface area (Å²) in [7, 11) is 0. The van der Waals surface area contributed by atoms with E-state index in [1.807, 2.05) is 47.5 Å². The molecule has 0 spiro atoms. The molecule has 6 rings (SSSR count). The number of hydrogen-bond acceptors (Lipinski definition) is 3. The number of fused-ring (bicyclic) bond motifs is 2. The van der Waals surface area contributed by atoms with Crippen LogP contribution in [0.25, 0.3) is 22.2 Å². The van der Waals surface area contributed by atoms with Crippen molar-refractivity contribution in [1.29, 1.82) is 0 Å². The van der Waals surface area contributed by atoms with E-state index in [4.69, 9.17) is 0 Å². The van der Waals surface area contributed by atoms with Crippen LogP contribution in [0, 0.1) is 5.82 Å². The third kappa shape index (κ3) is 3.20. The molecule has 0 unspecified atom stereocenters. The standard InChI is InChI=1S/C26H20FN5O/c27-18-10-8-16(9-11-18)23-22-24(31-30-23)26(33)32(25(22)21-7-3-4-13-28-21)14-12-17-15-29-20-6-2-1-5-19(17)20/h1-11,13,15,25,29H,12,14H2,(H,30,31)/t25-/m0/s1. The van der Waals surface area contributed by atoms with Gasteiger partial charge in [0.15, 0.2) is 0 Å². The number of benzene rings is 2. The van der Waals surface area contributed by atoms with Crippen molar-refractivity contribution in [3.63, 3.8) is 0 Å². The fraction of sp³-hybridized carbons (Fsp3) is 0.115. The summed E-state index contributed by atoms with van der Waals surface area (Å²) in [6.45, 7) is 0.521. The van der Waals surface area contributed by atoms with E-state index < -0.39 is 0 Å². The number of halogens is 1. The second kappa shape index (κ2) is 7.70. The van der Waals surface area contributed by atoms with Crippen molar-refractivity contribution in [3.05, 3.63) is 107 Å². The van der Waals surface area contributed by atoms with Crippen LogP contribution in [-0.2, 0) is 6.42 Å². The zero-order valence-corrected chi connectivity index (χ0v) is 17.6. The molecule has 2 aromatic carbocycles. The van der Waals surface area contributed by atoms with Gasteiger partial charge in [-0.25, -0.2) is 4.39 Å². The SMILES string of the molecule is O=C1c2[nH]nc(-c3ccc(F)cc3)c2[C@H](c2ccccn2)N1CCc1c[nH]c2ccccc12. The van der Waals surface area contributed by atoms with Gasteiger partial charge in [0.1, 0.15) is 17.6 Å². The van der Waals surface area contributed by atoms with Gasteiger partial charge in [-0.1, -0.05) is 24.3 Å². The summed E-state index contributed by atoms with van der Waals surface area (Å²) in [5.74, 6) is -0.426. The number of carbonyl (C=O) groups is 1. The van der Waals surface area contributed by atoms with Crippen LogP contribution in [0.5, 0.6) is 0 Å². The first-order valence-electron chi connectivity index (χ1n) is 10.8. The van der Waals surface area contributed by atoms with E-state index in [1.165, 1.54) is 12.1 Å². The molecule has 162 valence electrons. The molecule has 0 saturated heterocycles. The number of carbonyl (C=O) groups excluding carboxylic acids is 1. The van der Waals surface area contributed by atoms with Crippen molar-refractivity contribution in [2.75, 3.05) is 6.54 Å². The Balaban J connectivity index is 1.40. The maximum Gasteiger partial charge on any atom is 0.273 e. The number of amides is 1. The molecule has 1 atom stereocenters. The monoisotopic (exact) mass is 437 g/mol. The minimum atomic E-state index is -0.377. The minimum Gasteiger partial charge on any atom is -0.361 e. The van der Waals surface area contributed by atoms with Crippen LogP contribution in [0.1, 0.15) is 33.4 Å². The Bertz CT molecular complexity index is 1460. The Morgan fingerprint density at radius 3 is 2.64 bits per heavy atom. The van der Waals surface area contributed by atoms with E-state index in [1.54, 1.807) is 18.3 Å². The van der Waals surface area contributed by atoms with Gasteiger partial charge in [-0.2, -0.15) is 5.10 Å². The molecule has 1 aliphatic heterocycles. The summed E-state index contributed by atoms with van der Waals surface area (Å²) in [4.78, 5) is 23.2. The van der Waals surface area contributed by atoms with Crippen LogP contribution < -0.4 is 0 Å². The van der Waals surface area contributed by atoms with Gasteiger partial charge in [-0.15, -0.1) is 0 Å². The van der Waals surface area contributed by atoms with Crippen molar-refractivity contribution in [1.82, 2.24) is 25.1 Å². The molecule has 0 bridgehead atoms. The summed E-state index contributed by atoms with van der Waals surface area (Å²) in [6, 6.07) is 19.6. The van der Waals surface area contributed by atoms with Crippen molar-refractivity contribution >= 4 is 16.8 Å². The molecule has 6 nitrogen and oxygen atoms in total.